The molecule has 1 aromatic heterocycles. The molecule has 7 heteroatoms. The first-order chi connectivity index (χ1) is 6.11. The zero-order chi connectivity index (χ0) is 9.84. The molecule has 0 atom stereocenters. The Hall–Kier alpha value is -1.37. The van der Waals surface area contributed by atoms with Crippen molar-refractivity contribution in [3.05, 3.63) is 22.5 Å². The van der Waals surface area contributed by atoms with Crippen molar-refractivity contribution >= 4 is 22.8 Å². The van der Waals surface area contributed by atoms with Crippen LogP contribution in [0.25, 0.3) is 0 Å². The summed E-state index contributed by atoms with van der Waals surface area (Å²) in [5.41, 5.74) is 0. The summed E-state index contributed by atoms with van der Waals surface area (Å²) in [6.45, 7) is 1.41. The third-order valence-electron chi connectivity index (χ3n) is 1.26. The van der Waals surface area contributed by atoms with E-state index < -0.39 is 4.92 Å². The number of aromatic nitrogens is 2. The normalized spacial score (nSPS) is 9.92. The van der Waals surface area contributed by atoms with Crippen LogP contribution >= 0.6 is 11.8 Å². The molecule has 0 unspecified atom stereocenters. The molecule has 0 aliphatic rings. The predicted octanol–water partition coefficient (Wildman–Crippen LogP) is 1.03. The van der Waals surface area contributed by atoms with Gasteiger partial charge in [0.2, 0.25) is 0 Å². The zero-order valence-electron chi connectivity index (χ0n) is 6.84. The highest BCUT2D eigenvalue weighted by Crippen LogP contribution is 2.13. The minimum Gasteiger partial charge on any atom is -0.390 e. The second-order valence-electron chi connectivity index (χ2n) is 2.22. The summed E-state index contributed by atoms with van der Waals surface area (Å²) < 4.78 is 1.31. The van der Waals surface area contributed by atoms with E-state index in [-0.39, 0.29) is 16.9 Å². The van der Waals surface area contributed by atoms with Crippen LogP contribution in [-0.2, 0) is 10.7 Å². The molecule has 0 amide bonds. The maximum absolute atomic E-state index is 10.6. The second kappa shape index (κ2) is 4.04. The Morgan fingerprint density at radius 2 is 2.54 bits per heavy atom. The van der Waals surface area contributed by atoms with E-state index >= 15 is 0 Å². The second-order valence-corrected chi connectivity index (χ2v) is 3.34. The molecular weight excluding hydrogens is 194 g/mol. The lowest BCUT2D eigenvalue weighted by molar-refractivity contribution is -0.396. The van der Waals surface area contributed by atoms with Gasteiger partial charge in [0.15, 0.2) is 5.12 Å². The quantitative estimate of drug-likeness (QED) is 0.539. The minimum atomic E-state index is -0.583. The van der Waals surface area contributed by atoms with E-state index in [9.17, 15) is 14.9 Å². The molecule has 1 rings (SSSR count). The van der Waals surface area contributed by atoms with Crippen molar-refractivity contribution < 1.29 is 9.72 Å². The fourth-order valence-corrected chi connectivity index (χ4v) is 1.26. The highest BCUT2D eigenvalue weighted by molar-refractivity contribution is 8.12. The van der Waals surface area contributed by atoms with Crippen LogP contribution in [0.2, 0.25) is 0 Å². The highest BCUT2D eigenvalue weighted by atomic mass is 32.2. The van der Waals surface area contributed by atoms with Gasteiger partial charge in [0.25, 0.3) is 0 Å². The van der Waals surface area contributed by atoms with Crippen LogP contribution in [0.15, 0.2) is 12.4 Å². The number of hydrogen-bond donors (Lipinski definition) is 0. The molecule has 0 saturated heterocycles. The van der Waals surface area contributed by atoms with Crippen LogP contribution in [0.3, 0.4) is 0 Å². The number of carbonyl (C=O) groups is 1. The number of nitrogens with zero attached hydrogens (tertiary/aromatic N) is 3. The Labute approximate surface area is 78.1 Å². The van der Waals surface area contributed by atoms with Gasteiger partial charge in [-0.05, 0) is 4.92 Å². The number of thioether (sulfide) groups is 1. The first kappa shape index (κ1) is 9.72. The zero-order valence-corrected chi connectivity index (χ0v) is 7.65. The van der Waals surface area contributed by atoms with Gasteiger partial charge in [-0.1, -0.05) is 16.7 Å². The standard InChI is InChI=1S/C6H7N3O3S/c1-5(10)13-4-8-3-2-7-6(8)9(11)12/h2-3H,4H2,1H3. The predicted molar refractivity (Wildman–Crippen MR) is 47.2 cm³/mol. The Balaban J connectivity index is 2.71. The van der Waals surface area contributed by atoms with Gasteiger partial charge >= 0.3 is 5.95 Å². The van der Waals surface area contributed by atoms with Gasteiger partial charge in [-0.25, -0.2) is 4.57 Å². The van der Waals surface area contributed by atoms with E-state index in [1.54, 1.807) is 0 Å². The third-order valence-corrected chi connectivity index (χ3v) is 2.08. The average molecular weight is 201 g/mol. The first-order valence-electron chi connectivity index (χ1n) is 3.40. The Bertz CT molecular complexity index is 336. The largest absolute Gasteiger partial charge is 0.435 e. The van der Waals surface area contributed by atoms with Gasteiger partial charge in [0.1, 0.15) is 18.3 Å². The summed E-state index contributed by atoms with van der Waals surface area (Å²) in [6.07, 6.45) is 2.80. The smallest absolute Gasteiger partial charge is 0.390 e. The van der Waals surface area contributed by atoms with E-state index in [0.717, 1.165) is 11.8 Å². The Kier molecular flexibility index (Phi) is 3.02. The van der Waals surface area contributed by atoms with Gasteiger partial charge in [-0.3, -0.25) is 4.79 Å². The minimum absolute atomic E-state index is 0.0806. The molecule has 6 nitrogen and oxygen atoms in total. The molecule has 70 valence electrons. The van der Waals surface area contributed by atoms with Gasteiger partial charge in [0, 0.05) is 6.92 Å². The average Bonchev–Trinajstić information content (AvgIpc) is 2.47. The van der Waals surface area contributed by atoms with Crippen molar-refractivity contribution in [3.63, 3.8) is 0 Å². The molecule has 0 aliphatic heterocycles. The maximum Gasteiger partial charge on any atom is 0.435 e. The monoisotopic (exact) mass is 201 g/mol. The van der Waals surface area contributed by atoms with Crippen molar-refractivity contribution in [2.24, 2.45) is 0 Å². The summed E-state index contributed by atoms with van der Waals surface area (Å²) in [4.78, 5) is 23.9. The van der Waals surface area contributed by atoms with Gasteiger partial charge in [-0.15, -0.1) is 0 Å². The molecule has 1 heterocycles. The number of carbonyl (C=O) groups excluding carboxylic acids is 1. The molecule has 0 bridgehead atoms. The lowest BCUT2D eigenvalue weighted by Crippen LogP contribution is -2.01. The van der Waals surface area contributed by atoms with Gasteiger partial charge in [0.05, 0.1) is 0 Å². The van der Waals surface area contributed by atoms with E-state index in [1.807, 2.05) is 0 Å². The van der Waals surface area contributed by atoms with Crippen LogP contribution in [0, 0.1) is 10.1 Å². The number of nitro groups is 1. The molecule has 0 aliphatic carbocycles. The van der Waals surface area contributed by atoms with Crippen molar-refractivity contribution in [2.75, 3.05) is 0 Å². The molecule has 0 fully saturated rings. The summed E-state index contributed by atoms with van der Waals surface area (Å²) >= 11 is 1.00. The Morgan fingerprint density at radius 3 is 3.08 bits per heavy atom. The fraction of sp³-hybridized carbons (Fsp3) is 0.333. The molecule has 0 spiro atoms. The van der Waals surface area contributed by atoms with Crippen LogP contribution in [-0.4, -0.2) is 19.6 Å². The van der Waals surface area contributed by atoms with Crippen molar-refractivity contribution in [3.8, 4) is 0 Å². The molecule has 1 aromatic rings. The number of hydrogen-bond acceptors (Lipinski definition) is 5. The molecule has 0 saturated carbocycles. The van der Waals surface area contributed by atoms with Gasteiger partial charge < -0.3 is 10.1 Å². The summed E-state index contributed by atoms with van der Waals surface area (Å²) in [6, 6.07) is 0. The Morgan fingerprint density at radius 1 is 1.85 bits per heavy atom. The summed E-state index contributed by atoms with van der Waals surface area (Å²) in [7, 11) is 0. The third kappa shape index (κ3) is 2.55. The van der Waals surface area contributed by atoms with Crippen LogP contribution in [0.1, 0.15) is 6.92 Å². The van der Waals surface area contributed by atoms with E-state index in [0.29, 0.717) is 0 Å². The number of imidazole rings is 1. The van der Waals surface area contributed by atoms with E-state index in [4.69, 9.17) is 0 Å². The topological polar surface area (TPSA) is 78.0 Å². The van der Waals surface area contributed by atoms with Crippen LogP contribution < -0.4 is 0 Å². The lowest BCUT2D eigenvalue weighted by atomic mass is 10.9. The van der Waals surface area contributed by atoms with E-state index in [1.165, 1.54) is 23.9 Å². The lowest BCUT2D eigenvalue weighted by Gasteiger charge is -1.97. The van der Waals surface area contributed by atoms with Crippen LogP contribution in [0.4, 0.5) is 5.95 Å². The summed E-state index contributed by atoms with van der Waals surface area (Å²) in [5, 5.41) is 10.3. The maximum atomic E-state index is 10.6. The molecule has 0 N–H and O–H groups in total. The SMILES string of the molecule is CC(=O)SCn1ccnc1[N+](=O)[O-]. The molecule has 13 heavy (non-hydrogen) atoms. The van der Waals surface area contributed by atoms with E-state index in [2.05, 4.69) is 4.98 Å². The molecule has 0 radical (unpaired) electrons. The first-order valence-corrected chi connectivity index (χ1v) is 4.38. The van der Waals surface area contributed by atoms with Crippen molar-refractivity contribution in [1.82, 2.24) is 9.55 Å². The molecule has 0 aromatic carbocycles. The van der Waals surface area contributed by atoms with Crippen molar-refractivity contribution in [2.45, 2.75) is 12.8 Å². The van der Waals surface area contributed by atoms with Gasteiger partial charge in [-0.2, -0.15) is 0 Å². The highest BCUT2D eigenvalue weighted by Gasteiger charge is 2.13. The summed E-state index contributed by atoms with van der Waals surface area (Å²) in [5.74, 6) is -0.0141. The molecular formula is C6H7N3O3S. The van der Waals surface area contributed by atoms with Crippen LogP contribution in [0.5, 0.6) is 0 Å². The fourth-order valence-electron chi connectivity index (χ4n) is 0.735. The number of rotatable bonds is 3. The van der Waals surface area contributed by atoms with Crippen molar-refractivity contribution in [1.29, 1.82) is 0 Å².